The van der Waals surface area contributed by atoms with E-state index < -0.39 is 0 Å². The fourth-order valence-electron chi connectivity index (χ4n) is 2.19. The molecule has 0 spiro atoms. The molecule has 0 saturated heterocycles. The number of halogens is 1. The summed E-state index contributed by atoms with van der Waals surface area (Å²) in [5.41, 5.74) is 9.42. The Kier molecular flexibility index (Phi) is 5.79. The molecule has 114 valence electrons. The lowest BCUT2D eigenvalue weighted by molar-refractivity contribution is 0.299. The van der Waals surface area contributed by atoms with Gasteiger partial charge >= 0.3 is 0 Å². The van der Waals surface area contributed by atoms with Crippen molar-refractivity contribution in [3.8, 4) is 5.75 Å². The first-order valence-electron chi connectivity index (χ1n) is 7.08. The molecule has 0 fully saturated rings. The van der Waals surface area contributed by atoms with Gasteiger partial charge in [-0.1, -0.05) is 22.9 Å². The molecule has 1 aromatic carbocycles. The summed E-state index contributed by atoms with van der Waals surface area (Å²) in [7, 11) is 0. The average Bonchev–Trinajstić information content (AvgIpc) is 2.83. The van der Waals surface area contributed by atoms with Crippen LogP contribution in [0.4, 0.5) is 0 Å². The van der Waals surface area contributed by atoms with Gasteiger partial charge in [-0.05, 0) is 49.9 Å². The highest BCUT2D eigenvalue weighted by molar-refractivity contribution is 9.10. The predicted molar refractivity (Wildman–Crippen MR) is 92.0 cm³/mol. The lowest BCUT2D eigenvalue weighted by Crippen LogP contribution is -2.22. The number of thiazole rings is 1. The van der Waals surface area contributed by atoms with Crippen molar-refractivity contribution in [3.05, 3.63) is 43.8 Å². The van der Waals surface area contributed by atoms with Gasteiger partial charge in [-0.2, -0.15) is 0 Å². The fraction of sp³-hybridized carbons (Fsp3) is 0.438. The van der Waals surface area contributed by atoms with E-state index in [0.29, 0.717) is 6.61 Å². The number of hydrogen-bond acceptors (Lipinski definition) is 4. The largest absolute Gasteiger partial charge is 0.486 e. The van der Waals surface area contributed by atoms with Gasteiger partial charge in [-0.3, -0.25) is 0 Å². The van der Waals surface area contributed by atoms with E-state index in [4.69, 9.17) is 10.5 Å². The Balaban J connectivity index is 2.19. The Morgan fingerprint density at radius 2 is 2.14 bits per heavy atom. The lowest BCUT2D eigenvalue weighted by atomic mass is 10.0. The van der Waals surface area contributed by atoms with Gasteiger partial charge in [0.25, 0.3) is 0 Å². The van der Waals surface area contributed by atoms with Crippen LogP contribution in [-0.2, 0) is 13.0 Å². The van der Waals surface area contributed by atoms with E-state index in [1.807, 2.05) is 12.3 Å². The highest BCUT2D eigenvalue weighted by Gasteiger charge is 2.13. The fourth-order valence-corrected chi connectivity index (χ4v) is 3.49. The Labute approximate surface area is 138 Å². The molecule has 1 aromatic heterocycles. The van der Waals surface area contributed by atoms with Gasteiger partial charge < -0.3 is 10.5 Å². The van der Waals surface area contributed by atoms with Crippen molar-refractivity contribution >= 4 is 27.3 Å². The Bertz CT molecular complexity index is 612. The molecular weight excluding hydrogens is 348 g/mol. The molecule has 1 atom stereocenters. The standard InChI is InChI=1S/C16H21BrN2OS/c1-4-14(18)7-12-6-13(17)5-10(2)16(12)20-8-15-19-11(3)9-21-15/h5-6,9,14H,4,7-8,18H2,1-3H3. The monoisotopic (exact) mass is 368 g/mol. The first-order valence-corrected chi connectivity index (χ1v) is 8.75. The van der Waals surface area contributed by atoms with Crippen LogP contribution < -0.4 is 10.5 Å². The summed E-state index contributed by atoms with van der Waals surface area (Å²) in [5, 5.41) is 3.04. The molecule has 0 aliphatic carbocycles. The minimum Gasteiger partial charge on any atom is -0.486 e. The van der Waals surface area contributed by atoms with Gasteiger partial charge in [0, 0.05) is 21.6 Å². The van der Waals surface area contributed by atoms with Gasteiger partial charge in [0.2, 0.25) is 0 Å². The first-order chi connectivity index (χ1) is 9.99. The maximum absolute atomic E-state index is 6.10. The van der Waals surface area contributed by atoms with Gasteiger partial charge in [0.15, 0.2) is 0 Å². The molecule has 0 radical (unpaired) electrons. The van der Waals surface area contributed by atoms with Gasteiger partial charge in [0.05, 0.1) is 0 Å². The normalized spacial score (nSPS) is 12.4. The van der Waals surface area contributed by atoms with Gasteiger partial charge in [-0.15, -0.1) is 11.3 Å². The van der Waals surface area contributed by atoms with Gasteiger partial charge in [0.1, 0.15) is 17.4 Å². The Morgan fingerprint density at radius 3 is 2.76 bits per heavy atom. The minimum absolute atomic E-state index is 0.156. The molecule has 0 aliphatic rings. The quantitative estimate of drug-likeness (QED) is 0.822. The number of nitrogens with two attached hydrogens (primary N) is 1. The average molecular weight is 369 g/mol. The number of aromatic nitrogens is 1. The van der Waals surface area contributed by atoms with Crippen LogP contribution in [0.3, 0.4) is 0 Å². The highest BCUT2D eigenvalue weighted by Crippen LogP contribution is 2.30. The summed E-state index contributed by atoms with van der Waals surface area (Å²) in [6.07, 6.45) is 1.78. The number of nitrogens with zero attached hydrogens (tertiary/aromatic N) is 1. The van der Waals surface area contributed by atoms with Gasteiger partial charge in [-0.25, -0.2) is 4.98 Å². The van der Waals surface area contributed by atoms with Crippen molar-refractivity contribution in [1.29, 1.82) is 0 Å². The molecule has 2 rings (SSSR count). The molecule has 1 unspecified atom stereocenters. The van der Waals surface area contributed by atoms with Crippen molar-refractivity contribution in [3.63, 3.8) is 0 Å². The molecule has 2 aromatic rings. The molecule has 0 saturated carbocycles. The number of hydrogen-bond donors (Lipinski definition) is 1. The van der Waals surface area contributed by atoms with Crippen LogP contribution in [0.1, 0.15) is 35.2 Å². The molecule has 21 heavy (non-hydrogen) atoms. The van der Waals surface area contributed by atoms with Crippen LogP contribution in [0.15, 0.2) is 22.0 Å². The van der Waals surface area contributed by atoms with Crippen molar-refractivity contribution in [2.24, 2.45) is 5.73 Å². The number of aryl methyl sites for hydroxylation is 2. The topological polar surface area (TPSA) is 48.1 Å². The molecule has 0 bridgehead atoms. The van der Waals surface area contributed by atoms with Crippen LogP contribution >= 0.6 is 27.3 Å². The zero-order chi connectivity index (χ0) is 15.4. The van der Waals surface area contributed by atoms with Crippen LogP contribution in [0, 0.1) is 13.8 Å². The molecule has 2 N–H and O–H groups in total. The Morgan fingerprint density at radius 1 is 1.38 bits per heavy atom. The second-order valence-electron chi connectivity index (χ2n) is 5.25. The van der Waals surface area contributed by atoms with Crippen molar-refractivity contribution in [2.75, 3.05) is 0 Å². The number of benzene rings is 1. The first kappa shape index (κ1) is 16.5. The predicted octanol–water partition coefficient (Wildman–Crippen LogP) is 4.38. The lowest BCUT2D eigenvalue weighted by Gasteiger charge is -2.17. The van der Waals surface area contributed by atoms with Crippen molar-refractivity contribution in [1.82, 2.24) is 4.98 Å². The zero-order valence-corrected chi connectivity index (χ0v) is 15.1. The van der Waals surface area contributed by atoms with E-state index >= 15 is 0 Å². The number of rotatable bonds is 6. The highest BCUT2D eigenvalue weighted by atomic mass is 79.9. The second kappa shape index (κ2) is 7.38. The summed E-state index contributed by atoms with van der Waals surface area (Å²) < 4.78 is 7.10. The summed E-state index contributed by atoms with van der Waals surface area (Å²) in [6, 6.07) is 4.33. The maximum atomic E-state index is 6.10. The molecular formula is C16H21BrN2OS. The maximum Gasteiger partial charge on any atom is 0.140 e. The second-order valence-corrected chi connectivity index (χ2v) is 7.11. The van der Waals surface area contributed by atoms with E-state index in [2.05, 4.69) is 46.9 Å². The zero-order valence-electron chi connectivity index (χ0n) is 12.6. The van der Waals surface area contributed by atoms with E-state index in [1.165, 1.54) is 0 Å². The van der Waals surface area contributed by atoms with Crippen LogP contribution in [0.25, 0.3) is 0 Å². The third-order valence-electron chi connectivity index (χ3n) is 3.33. The van der Waals surface area contributed by atoms with Crippen LogP contribution in [0.2, 0.25) is 0 Å². The molecule has 3 nitrogen and oxygen atoms in total. The molecule has 0 amide bonds. The van der Waals surface area contributed by atoms with Crippen LogP contribution in [0.5, 0.6) is 5.75 Å². The summed E-state index contributed by atoms with van der Waals surface area (Å²) in [6.45, 7) is 6.68. The summed E-state index contributed by atoms with van der Waals surface area (Å²) >= 11 is 5.18. The number of ether oxygens (including phenoxy) is 1. The van der Waals surface area contributed by atoms with E-state index in [0.717, 1.165) is 44.9 Å². The SMILES string of the molecule is CCC(N)Cc1cc(Br)cc(C)c1OCc1nc(C)cs1. The van der Waals surface area contributed by atoms with E-state index in [1.54, 1.807) is 11.3 Å². The third kappa shape index (κ3) is 4.53. The van der Waals surface area contributed by atoms with Crippen molar-refractivity contribution in [2.45, 2.75) is 46.3 Å². The minimum atomic E-state index is 0.156. The van der Waals surface area contributed by atoms with Crippen LogP contribution in [-0.4, -0.2) is 11.0 Å². The molecule has 5 heteroatoms. The smallest absolute Gasteiger partial charge is 0.140 e. The molecule has 1 heterocycles. The summed E-state index contributed by atoms with van der Waals surface area (Å²) in [4.78, 5) is 4.44. The molecule has 0 aliphatic heterocycles. The third-order valence-corrected chi connectivity index (χ3v) is 4.73. The van der Waals surface area contributed by atoms with E-state index in [9.17, 15) is 0 Å². The Hall–Kier alpha value is -0.910. The summed E-state index contributed by atoms with van der Waals surface area (Å²) in [5.74, 6) is 0.940. The van der Waals surface area contributed by atoms with Crippen molar-refractivity contribution < 1.29 is 4.74 Å². The van der Waals surface area contributed by atoms with E-state index in [-0.39, 0.29) is 6.04 Å².